The number of alkyl halides is 3. The predicted octanol–water partition coefficient (Wildman–Crippen LogP) is 2.29. The lowest BCUT2D eigenvalue weighted by molar-refractivity contribution is -0.146. The van der Waals surface area contributed by atoms with E-state index in [4.69, 9.17) is 9.72 Å². The van der Waals surface area contributed by atoms with Crippen molar-refractivity contribution >= 4 is 16.9 Å². The summed E-state index contributed by atoms with van der Waals surface area (Å²) in [6.45, 7) is 3.43. The number of hydrogen-bond donors (Lipinski definition) is 1. The summed E-state index contributed by atoms with van der Waals surface area (Å²) in [7, 11) is 0. The number of ether oxygens (including phenoxy) is 1. The fraction of sp³-hybridized carbons (Fsp3) is 0.526. The number of pyridine rings is 1. The number of nitrogens with one attached hydrogen (secondary N) is 1. The molecule has 0 bridgehead atoms. The van der Waals surface area contributed by atoms with Gasteiger partial charge >= 0.3 is 6.18 Å². The Balaban J connectivity index is 1.65. The first kappa shape index (κ1) is 19.3. The van der Waals surface area contributed by atoms with Crippen LogP contribution in [0.3, 0.4) is 0 Å². The number of rotatable bonds is 3. The third kappa shape index (κ3) is 3.52. The molecule has 0 aromatic carbocycles. The highest BCUT2D eigenvalue weighted by Gasteiger charge is 2.33. The summed E-state index contributed by atoms with van der Waals surface area (Å²) in [6.07, 6.45) is -2.12. The third-order valence-corrected chi connectivity index (χ3v) is 5.61. The molecule has 1 N–H and O–H groups in total. The van der Waals surface area contributed by atoms with Gasteiger partial charge in [0.05, 0.1) is 31.5 Å². The van der Waals surface area contributed by atoms with Crippen molar-refractivity contribution < 1.29 is 17.9 Å². The molecule has 160 valence electrons. The van der Waals surface area contributed by atoms with Crippen molar-refractivity contribution in [2.24, 2.45) is 0 Å². The fourth-order valence-corrected chi connectivity index (χ4v) is 4.27. The minimum Gasteiger partial charge on any atom is -0.377 e. The number of aromatic amines is 1. The maximum atomic E-state index is 13.1. The molecule has 0 spiro atoms. The van der Waals surface area contributed by atoms with Crippen molar-refractivity contribution in [3.8, 4) is 5.82 Å². The first-order valence-electron chi connectivity index (χ1n) is 9.94. The number of nitrogens with zero attached hydrogens (tertiary/aromatic N) is 6. The molecule has 5 heterocycles. The van der Waals surface area contributed by atoms with Gasteiger partial charge in [-0.15, -0.1) is 0 Å². The summed E-state index contributed by atoms with van der Waals surface area (Å²) in [4.78, 5) is 8.46. The normalized spacial score (nSPS) is 20.7. The van der Waals surface area contributed by atoms with Gasteiger partial charge in [0.25, 0.3) is 0 Å². The Morgan fingerprint density at radius 3 is 2.87 bits per heavy atom. The van der Waals surface area contributed by atoms with Gasteiger partial charge in [-0.3, -0.25) is 10.00 Å². The molecule has 0 aliphatic carbocycles. The van der Waals surface area contributed by atoms with Crippen LogP contribution in [0.15, 0.2) is 18.3 Å². The third-order valence-electron chi connectivity index (χ3n) is 5.61. The van der Waals surface area contributed by atoms with Crippen LogP contribution >= 0.6 is 0 Å². The highest BCUT2D eigenvalue weighted by atomic mass is 19.4. The van der Waals surface area contributed by atoms with Crippen LogP contribution in [0.5, 0.6) is 0 Å². The summed E-state index contributed by atoms with van der Waals surface area (Å²) in [5.74, 6) is 1.33. The van der Waals surface area contributed by atoms with Crippen molar-refractivity contribution in [2.45, 2.75) is 32.1 Å². The van der Waals surface area contributed by atoms with Crippen molar-refractivity contribution in [3.63, 3.8) is 0 Å². The first-order valence-corrected chi connectivity index (χ1v) is 9.94. The maximum absolute atomic E-state index is 13.1. The molecule has 0 unspecified atom stereocenters. The molecule has 5 rings (SSSR count). The van der Waals surface area contributed by atoms with Gasteiger partial charge in [-0.2, -0.15) is 28.1 Å². The van der Waals surface area contributed by atoms with Crippen molar-refractivity contribution in [1.29, 1.82) is 0 Å². The van der Waals surface area contributed by atoms with E-state index in [0.717, 1.165) is 22.5 Å². The first-order chi connectivity index (χ1) is 14.4. The number of hydrogen-bond acceptors (Lipinski definition) is 6. The van der Waals surface area contributed by atoms with Crippen molar-refractivity contribution in [2.75, 3.05) is 37.7 Å². The van der Waals surface area contributed by atoms with E-state index in [0.29, 0.717) is 37.6 Å². The summed E-state index contributed by atoms with van der Waals surface area (Å²) in [5, 5.41) is 12.5. The van der Waals surface area contributed by atoms with Crippen LogP contribution in [-0.4, -0.2) is 74.9 Å². The van der Waals surface area contributed by atoms with E-state index in [1.165, 1.54) is 4.90 Å². The summed E-state index contributed by atoms with van der Waals surface area (Å²) in [5.41, 5.74) is 2.19. The van der Waals surface area contributed by atoms with Crippen LogP contribution in [0.4, 0.5) is 19.0 Å². The predicted molar refractivity (Wildman–Crippen MR) is 104 cm³/mol. The van der Waals surface area contributed by atoms with E-state index in [2.05, 4.69) is 27.1 Å². The van der Waals surface area contributed by atoms with Crippen LogP contribution in [0.1, 0.15) is 18.2 Å². The Hall–Kier alpha value is -2.66. The number of aromatic nitrogens is 5. The fourth-order valence-electron chi connectivity index (χ4n) is 4.27. The van der Waals surface area contributed by atoms with E-state index in [1.54, 1.807) is 16.9 Å². The molecule has 1 saturated heterocycles. The van der Waals surface area contributed by atoms with E-state index in [-0.39, 0.29) is 19.1 Å². The molecule has 1 fully saturated rings. The van der Waals surface area contributed by atoms with Crippen LogP contribution in [-0.2, 0) is 17.7 Å². The second-order valence-electron chi connectivity index (χ2n) is 7.82. The Morgan fingerprint density at radius 1 is 1.27 bits per heavy atom. The molecule has 3 aromatic heterocycles. The molecule has 0 saturated carbocycles. The topological polar surface area (TPSA) is 75.1 Å². The Kier molecular flexibility index (Phi) is 4.66. The lowest BCUT2D eigenvalue weighted by Gasteiger charge is -2.34. The highest BCUT2D eigenvalue weighted by molar-refractivity contribution is 5.85. The summed E-state index contributed by atoms with van der Waals surface area (Å²) >= 11 is 0. The Labute approximate surface area is 170 Å². The van der Waals surface area contributed by atoms with Gasteiger partial charge in [0, 0.05) is 43.7 Å². The average molecular weight is 421 g/mol. The van der Waals surface area contributed by atoms with E-state index in [9.17, 15) is 13.2 Å². The van der Waals surface area contributed by atoms with Gasteiger partial charge < -0.3 is 9.64 Å². The molecule has 2 aliphatic heterocycles. The van der Waals surface area contributed by atoms with Gasteiger partial charge in [-0.1, -0.05) is 0 Å². The van der Waals surface area contributed by atoms with Crippen LogP contribution in [0.25, 0.3) is 16.9 Å². The van der Waals surface area contributed by atoms with Gasteiger partial charge in [0.1, 0.15) is 5.82 Å². The van der Waals surface area contributed by atoms with Gasteiger partial charge in [0.15, 0.2) is 11.5 Å². The van der Waals surface area contributed by atoms with Crippen molar-refractivity contribution in [3.05, 3.63) is 29.6 Å². The van der Waals surface area contributed by atoms with Crippen LogP contribution in [0.2, 0.25) is 0 Å². The molecular weight excluding hydrogens is 399 g/mol. The monoisotopic (exact) mass is 421 g/mol. The van der Waals surface area contributed by atoms with Crippen molar-refractivity contribution in [1.82, 2.24) is 29.9 Å². The SMILES string of the molecule is C[C@@H]1COCCN1c1cc2c3c(nn(-c4cc[nH]n4)c3n1)CCN(CC(F)(F)F)C2. The van der Waals surface area contributed by atoms with E-state index in [1.807, 2.05) is 6.07 Å². The standard InChI is InChI=1S/C19H22F3N7O/c1-12-10-30-7-6-28(12)16-8-13-9-27(11-19(20,21)22)5-3-14-17(13)18(24-16)29(26-14)15-2-4-23-25-15/h2,4,8,12H,3,5-7,9-11H2,1H3,(H,23,25)/t12-/m1/s1. The zero-order chi connectivity index (χ0) is 20.9. The molecule has 30 heavy (non-hydrogen) atoms. The van der Waals surface area contributed by atoms with E-state index >= 15 is 0 Å². The van der Waals surface area contributed by atoms with Crippen LogP contribution in [0, 0.1) is 0 Å². The molecule has 11 heteroatoms. The lowest BCUT2D eigenvalue weighted by Crippen LogP contribution is -2.44. The number of halogens is 3. The molecule has 1 atom stereocenters. The Morgan fingerprint density at radius 2 is 2.13 bits per heavy atom. The highest BCUT2D eigenvalue weighted by Crippen LogP contribution is 2.32. The molecule has 2 aliphatic rings. The van der Waals surface area contributed by atoms with E-state index < -0.39 is 12.7 Å². The molecule has 8 nitrogen and oxygen atoms in total. The maximum Gasteiger partial charge on any atom is 0.401 e. The lowest BCUT2D eigenvalue weighted by atomic mass is 10.1. The minimum absolute atomic E-state index is 0.120. The minimum atomic E-state index is -4.25. The molecular formula is C19H22F3N7O. The smallest absolute Gasteiger partial charge is 0.377 e. The van der Waals surface area contributed by atoms with Gasteiger partial charge in [-0.05, 0) is 18.6 Å². The van der Waals surface area contributed by atoms with Gasteiger partial charge in [-0.25, -0.2) is 4.98 Å². The molecule has 0 amide bonds. The second-order valence-corrected chi connectivity index (χ2v) is 7.82. The number of morpholine rings is 1. The molecule has 0 radical (unpaired) electrons. The summed E-state index contributed by atoms with van der Waals surface area (Å²) < 4.78 is 46.5. The largest absolute Gasteiger partial charge is 0.401 e. The zero-order valence-corrected chi connectivity index (χ0v) is 16.5. The Bertz CT molecular complexity index is 1050. The molecule has 3 aromatic rings. The second kappa shape index (κ2) is 7.24. The average Bonchev–Trinajstić information content (AvgIpc) is 3.29. The van der Waals surface area contributed by atoms with Gasteiger partial charge in [0.2, 0.25) is 0 Å². The number of anilines is 1. The zero-order valence-electron chi connectivity index (χ0n) is 16.5. The number of H-pyrrole nitrogens is 1. The van der Waals surface area contributed by atoms with Crippen LogP contribution < -0.4 is 4.90 Å². The summed E-state index contributed by atoms with van der Waals surface area (Å²) in [6, 6.07) is 3.83. The quantitative estimate of drug-likeness (QED) is 0.700.